The molecule has 8 heteroatoms. The summed E-state index contributed by atoms with van der Waals surface area (Å²) < 4.78 is 25.3. The van der Waals surface area contributed by atoms with Crippen LogP contribution in [0.25, 0.3) is 0 Å². The standard InChI is InChI=1S/C17H29N3O3S2/c1-4-19(5-2)16(14-9-11-24-13-14)12-18-17(21)15-8-6-7-10-20(15)25(3,22)23/h9,11,13,15-16H,4-8,10,12H2,1-3H3,(H,18,21)/t15-,16+/m1/s1. The highest BCUT2D eigenvalue weighted by molar-refractivity contribution is 7.88. The summed E-state index contributed by atoms with van der Waals surface area (Å²) in [5.74, 6) is -0.183. The molecule has 0 bridgehead atoms. The molecule has 1 amide bonds. The van der Waals surface area contributed by atoms with Crippen molar-refractivity contribution in [3.63, 3.8) is 0 Å². The monoisotopic (exact) mass is 387 g/mol. The number of rotatable bonds is 8. The number of carbonyl (C=O) groups excluding carboxylic acids is 1. The Kier molecular flexibility index (Phi) is 7.42. The fourth-order valence-corrected chi connectivity index (χ4v) is 5.30. The lowest BCUT2D eigenvalue weighted by Crippen LogP contribution is -2.52. The van der Waals surface area contributed by atoms with Gasteiger partial charge in [-0.15, -0.1) is 0 Å². The number of nitrogens with one attached hydrogen (secondary N) is 1. The first-order chi connectivity index (χ1) is 11.9. The summed E-state index contributed by atoms with van der Waals surface area (Å²) in [7, 11) is -3.36. The second-order valence-electron chi connectivity index (χ2n) is 6.42. The maximum Gasteiger partial charge on any atom is 0.238 e. The lowest BCUT2D eigenvalue weighted by Gasteiger charge is -2.34. The number of hydrogen-bond donors (Lipinski definition) is 1. The molecule has 1 fully saturated rings. The average Bonchev–Trinajstić information content (AvgIpc) is 3.11. The molecule has 0 aliphatic carbocycles. The maximum absolute atomic E-state index is 12.7. The molecule has 142 valence electrons. The number of hydrogen-bond acceptors (Lipinski definition) is 5. The largest absolute Gasteiger partial charge is 0.353 e. The first-order valence-electron chi connectivity index (χ1n) is 8.89. The van der Waals surface area contributed by atoms with Crippen LogP contribution in [-0.2, 0) is 14.8 Å². The molecule has 2 atom stereocenters. The molecule has 2 heterocycles. The summed E-state index contributed by atoms with van der Waals surface area (Å²) in [5, 5.41) is 7.16. The van der Waals surface area contributed by atoms with E-state index in [4.69, 9.17) is 0 Å². The third-order valence-corrected chi connectivity index (χ3v) is 6.82. The molecule has 1 saturated heterocycles. The summed E-state index contributed by atoms with van der Waals surface area (Å²) >= 11 is 1.65. The Bertz CT molecular complexity index is 642. The Balaban J connectivity index is 2.07. The van der Waals surface area contributed by atoms with E-state index in [1.165, 1.54) is 16.1 Å². The topological polar surface area (TPSA) is 69.7 Å². The van der Waals surface area contributed by atoms with Gasteiger partial charge in [0.1, 0.15) is 6.04 Å². The van der Waals surface area contributed by atoms with Gasteiger partial charge in [-0.25, -0.2) is 8.42 Å². The lowest BCUT2D eigenvalue weighted by molar-refractivity contribution is -0.126. The van der Waals surface area contributed by atoms with Crippen molar-refractivity contribution in [2.45, 2.75) is 45.2 Å². The van der Waals surface area contributed by atoms with Gasteiger partial charge in [-0.1, -0.05) is 20.3 Å². The molecular weight excluding hydrogens is 358 g/mol. The van der Waals surface area contributed by atoms with Crippen LogP contribution in [0.1, 0.15) is 44.7 Å². The quantitative estimate of drug-likeness (QED) is 0.741. The third kappa shape index (κ3) is 5.26. The van der Waals surface area contributed by atoms with Crippen molar-refractivity contribution in [3.8, 4) is 0 Å². The second-order valence-corrected chi connectivity index (χ2v) is 9.14. The van der Waals surface area contributed by atoms with Crippen molar-refractivity contribution in [3.05, 3.63) is 22.4 Å². The minimum Gasteiger partial charge on any atom is -0.353 e. The van der Waals surface area contributed by atoms with E-state index in [2.05, 4.69) is 35.5 Å². The van der Waals surface area contributed by atoms with Gasteiger partial charge in [0, 0.05) is 13.1 Å². The number of thiophene rings is 1. The van der Waals surface area contributed by atoms with E-state index in [9.17, 15) is 13.2 Å². The second kappa shape index (κ2) is 9.12. The van der Waals surface area contributed by atoms with Gasteiger partial charge in [0.05, 0.1) is 12.3 Å². The predicted molar refractivity (Wildman–Crippen MR) is 102 cm³/mol. The first-order valence-corrected chi connectivity index (χ1v) is 11.7. The maximum atomic E-state index is 12.7. The third-order valence-electron chi connectivity index (χ3n) is 4.83. The Morgan fingerprint density at radius 1 is 1.40 bits per heavy atom. The van der Waals surface area contributed by atoms with Crippen LogP contribution in [0.3, 0.4) is 0 Å². The lowest BCUT2D eigenvalue weighted by atomic mass is 10.0. The van der Waals surface area contributed by atoms with Crippen molar-refractivity contribution >= 4 is 27.3 Å². The molecule has 6 nitrogen and oxygen atoms in total. The molecule has 1 aromatic heterocycles. The van der Waals surface area contributed by atoms with Gasteiger partial charge in [-0.3, -0.25) is 9.69 Å². The van der Waals surface area contributed by atoms with Crippen molar-refractivity contribution in [2.24, 2.45) is 0 Å². The average molecular weight is 388 g/mol. The van der Waals surface area contributed by atoms with Gasteiger partial charge in [0.2, 0.25) is 15.9 Å². The van der Waals surface area contributed by atoms with E-state index in [0.717, 1.165) is 25.9 Å². The van der Waals surface area contributed by atoms with Crippen LogP contribution in [0.2, 0.25) is 0 Å². The van der Waals surface area contributed by atoms with E-state index in [1.807, 2.05) is 5.38 Å². The zero-order valence-electron chi connectivity index (χ0n) is 15.3. The Morgan fingerprint density at radius 3 is 2.68 bits per heavy atom. The number of sulfonamides is 1. The van der Waals surface area contributed by atoms with Crippen LogP contribution in [0.5, 0.6) is 0 Å². The smallest absolute Gasteiger partial charge is 0.238 e. The summed E-state index contributed by atoms with van der Waals surface area (Å²) in [6.45, 7) is 6.93. The summed E-state index contributed by atoms with van der Waals surface area (Å²) in [6.07, 6.45) is 3.47. The zero-order valence-corrected chi connectivity index (χ0v) is 16.9. The molecule has 0 spiro atoms. The molecule has 1 aromatic rings. The first kappa shape index (κ1) is 20.4. The van der Waals surface area contributed by atoms with Gasteiger partial charge in [0.15, 0.2) is 0 Å². The highest BCUT2D eigenvalue weighted by atomic mass is 32.2. The van der Waals surface area contributed by atoms with Crippen LogP contribution >= 0.6 is 11.3 Å². The molecule has 1 aliphatic heterocycles. The van der Waals surface area contributed by atoms with Gasteiger partial charge < -0.3 is 5.32 Å². The molecule has 0 radical (unpaired) electrons. The van der Waals surface area contributed by atoms with Crippen molar-refractivity contribution in [2.75, 3.05) is 32.4 Å². The number of carbonyl (C=O) groups is 1. The molecule has 0 saturated carbocycles. The molecule has 2 rings (SSSR count). The van der Waals surface area contributed by atoms with Crippen LogP contribution in [0.4, 0.5) is 0 Å². The van der Waals surface area contributed by atoms with Crippen molar-refractivity contribution < 1.29 is 13.2 Å². The van der Waals surface area contributed by atoms with Crippen molar-refractivity contribution in [1.82, 2.24) is 14.5 Å². The number of amides is 1. The van der Waals surface area contributed by atoms with Gasteiger partial charge in [0.25, 0.3) is 0 Å². The molecule has 1 N–H and O–H groups in total. The number of piperidine rings is 1. The molecule has 0 aromatic carbocycles. The van der Waals surface area contributed by atoms with Crippen LogP contribution in [0, 0.1) is 0 Å². The minimum atomic E-state index is -3.36. The Morgan fingerprint density at radius 2 is 2.12 bits per heavy atom. The van der Waals surface area contributed by atoms with Crippen LogP contribution < -0.4 is 5.32 Å². The normalized spacial score (nSPS) is 20.6. The molecule has 25 heavy (non-hydrogen) atoms. The van der Waals surface area contributed by atoms with E-state index >= 15 is 0 Å². The van der Waals surface area contributed by atoms with Gasteiger partial charge in [-0.05, 0) is 48.3 Å². The highest BCUT2D eigenvalue weighted by Gasteiger charge is 2.34. The fourth-order valence-electron chi connectivity index (χ4n) is 3.47. The molecular formula is C17H29N3O3S2. The van der Waals surface area contributed by atoms with Gasteiger partial charge >= 0.3 is 0 Å². The zero-order chi connectivity index (χ0) is 18.4. The van der Waals surface area contributed by atoms with E-state index < -0.39 is 16.1 Å². The van der Waals surface area contributed by atoms with E-state index in [0.29, 0.717) is 19.5 Å². The highest BCUT2D eigenvalue weighted by Crippen LogP contribution is 2.23. The molecule has 1 aliphatic rings. The van der Waals surface area contributed by atoms with Crippen molar-refractivity contribution in [1.29, 1.82) is 0 Å². The summed E-state index contributed by atoms with van der Waals surface area (Å²) in [4.78, 5) is 15.0. The number of likely N-dealkylation sites (N-methyl/N-ethyl adjacent to an activating group) is 1. The predicted octanol–water partition coefficient (Wildman–Crippen LogP) is 2.06. The Labute approximate surface area is 155 Å². The Hall–Kier alpha value is -0.960. The van der Waals surface area contributed by atoms with Gasteiger partial charge in [-0.2, -0.15) is 15.6 Å². The summed E-state index contributed by atoms with van der Waals surface area (Å²) in [6, 6.07) is 1.62. The van der Waals surface area contributed by atoms with E-state index in [-0.39, 0.29) is 11.9 Å². The SMILES string of the molecule is CCN(CC)[C@@H](CNC(=O)[C@H]1CCCCN1S(C)(=O)=O)c1ccsc1. The van der Waals surface area contributed by atoms with Crippen LogP contribution in [-0.4, -0.2) is 62.0 Å². The molecule has 0 unspecified atom stereocenters. The number of nitrogens with zero attached hydrogens (tertiary/aromatic N) is 2. The summed E-state index contributed by atoms with van der Waals surface area (Å²) in [5.41, 5.74) is 1.19. The van der Waals surface area contributed by atoms with E-state index in [1.54, 1.807) is 11.3 Å². The fraction of sp³-hybridized carbons (Fsp3) is 0.706. The minimum absolute atomic E-state index is 0.112. The van der Waals surface area contributed by atoms with Crippen LogP contribution in [0.15, 0.2) is 16.8 Å².